The number of nitrogens with zero attached hydrogens (tertiary/aromatic N) is 2. The van der Waals surface area contributed by atoms with Gasteiger partial charge in [-0.25, -0.2) is 0 Å². The highest BCUT2D eigenvalue weighted by atomic mass is 28.3. The summed E-state index contributed by atoms with van der Waals surface area (Å²) in [6.45, 7) is 0. The van der Waals surface area contributed by atoms with E-state index < -0.39 is 8.07 Å². The number of hydrogen-bond donors (Lipinski definition) is 0. The molecule has 0 radical (unpaired) electrons. The molecule has 0 amide bonds. The highest BCUT2D eigenvalue weighted by Crippen LogP contribution is 2.36. The lowest BCUT2D eigenvalue weighted by Crippen LogP contribution is -2.74. The molecule has 2 heterocycles. The molecule has 2 nitrogen and oxygen atoms in total. The summed E-state index contributed by atoms with van der Waals surface area (Å²) in [6, 6.07) is 64.1. The molecule has 0 aliphatic carbocycles. The summed E-state index contributed by atoms with van der Waals surface area (Å²) in [7, 11) is -2.81. The normalized spacial score (nSPS) is 13.0. The number of hydrogen-bond acceptors (Lipinski definition) is 0. The molecule has 0 unspecified atom stereocenters. The molecule has 0 fully saturated rings. The van der Waals surface area contributed by atoms with Crippen LogP contribution in [0.1, 0.15) is 5.48 Å². The lowest BCUT2D eigenvalue weighted by Gasteiger charge is -2.34. The molecule has 10 rings (SSSR count). The first-order valence-electron chi connectivity index (χ1n) is 19.3. The van der Waals surface area contributed by atoms with E-state index in [1.165, 1.54) is 20.7 Å². The Morgan fingerprint density at radius 2 is 0.804 bits per heavy atom. The minimum atomic E-state index is -2.81. The molecule has 8 aromatic carbocycles. The summed E-state index contributed by atoms with van der Waals surface area (Å²) < 4.78 is 39.4. The number of fused-ring (bicyclic) bond motifs is 6. The number of aromatic nitrogens is 2. The molecule has 0 saturated carbocycles. The Balaban J connectivity index is 1.28. The molecule has 0 aliphatic rings. The average Bonchev–Trinajstić information content (AvgIpc) is 3.77. The maximum Gasteiger partial charge on any atom is 0.179 e. The van der Waals surface area contributed by atoms with E-state index in [0.29, 0.717) is 10.9 Å². The van der Waals surface area contributed by atoms with Crippen molar-refractivity contribution in [2.45, 2.75) is 0 Å². The van der Waals surface area contributed by atoms with E-state index in [4.69, 9.17) is 5.48 Å². The van der Waals surface area contributed by atoms with E-state index >= 15 is 0 Å². The molecule has 10 aromatic rings. The number of rotatable bonds is 6. The molecule has 2 aromatic heterocycles. The van der Waals surface area contributed by atoms with Crippen molar-refractivity contribution in [1.82, 2.24) is 9.13 Å². The quantitative estimate of drug-likeness (QED) is 0.123. The second-order valence-electron chi connectivity index (χ2n) is 13.0. The third-order valence-corrected chi connectivity index (χ3v) is 15.2. The van der Waals surface area contributed by atoms with Crippen molar-refractivity contribution in [3.8, 4) is 11.4 Å². The lowest BCUT2D eigenvalue weighted by molar-refractivity contribution is 1.16. The zero-order chi connectivity index (χ0) is 37.3. The van der Waals surface area contributed by atoms with Crippen LogP contribution in [0, 0.1) is 0 Å². The van der Waals surface area contributed by atoms with Crippen LogP contribution in [0.25, 0.3) is 55.0 Å². The first-order valence-corrected chi connectivity index (χ1v) is 19.3. The molecule has 0 aliphatic heterocycles. The molecule has 3 heteroatoms. The van der Waals surface area contributed by atoms with E-state index in [9.17, 15) is 0 Å². The van der Waals surface area contributed by atoms with Gasteiger partial charge in [0.25, 0.3) is 0 Å². The van der Waals surface area contributed by atoms with Gasteiger partial charge in [-0.3, -0.25) is 0 Å². The average molecular weight is 671 g/mol. The van der Waals surface area contributed by atoms with Crippen molar-refractivity contribution in [2.75, 3.05) is 0 Å². The molecule has 0 N–H and O–H groups in total. The van der Waals surface area contributed by atoms with Crippen molar-refractivity contribution in [3.63, 3.8) is 0 Å². The third kappa shape index (κ3) is 4.49. The van der Waals surface area contributed by atoms with Gasteiger partial charge < -0.3 is 9.13 Å². The van der Waals surface area contributed by atoms with Crippen molar-refractivity contribution in [2.24, 2.45) is 0 Å². The Kier molecular flexibility index (Phi) is 5.94. The summed E-state index contributed by atoms with van der Waals surface area (Å²) in [5.74, 6) is 0. The summed E-state index contributed by atoms with van der Waals surface area (Å²) >= 11 is 0. The summed E-state index contributed by atoms with van der Waals surface area (Å²) in [5.41, 5.74) is 5.27. The smallest absolute Gasteiger partial charge is 0.179 e. The lowest BCUT2D eigenvalue weighted by atomic mass is 10.1. The predicted molar refractivity (Wildman–Crippen MR) is 219 cm³/mol. The Morgan fingerprint density at radius 3 is 1.43 bits per heavy atom. The van der Waals surface area contributed by atoms with E-state index in [-0.39, 0.29) is 24.2 Å². The summed E-state index contributed by atoms with van der Waals surface area (Å²) in [5, 5.41) is 8.76. The van der Waals surface area contributed by atoms with E-state index in [0.717, 1.165) is 44.1 Å². The standard InChI is InChI=1S/C48H34N2Si/c1-4-18-37(19-5-1)51(38-20-6-2-7-21-38,39-22-8-3-9-23-39)40-24-16-17-35(33-40)50-47-30-15-12-27-43(47)44-32-31-36(34-48(44)50)49-45-28-13-10-25-41(45)42-26-11-14-29-46(42)49/h1-34H/i10D,13D,25D,28D. The molecule has 0 bridgehead atoms. The Morgan fingerprint density at radius 1 is 0.333 bits per heavy atom. The van der Waals surface area contributed by atoms with Crippen LogP contribution in [0.2, 0.25) is 0 Å². The van der Waals surface area contributed by atoms with Gasteiger partial charge in [0.15, 0.2) is 8.07 Å². The van der Waals surface area contributed by atoms with Crippen molar-refractivity contribution in [3.05, 3.63) is 206 Å². The van der Waals surface area contributed by atoms with Gasteiger partial charge >= 0.3 is 0 Å². The second kappa shape index (κ2) is 11.9. The third-order valence-electron chi connectivity index (χ3n) is 10.4. The van der Waals surface area contributed by atoms with Crippen LogP contribution in [-0.4, -0.2) is 17.2 Å². The van der Waals surface area contributed by atoms with Gasteiger partial charge in [0.2, 0.25) is 0 Å². The van der Waals surface area contributed by atoms with Gasteiger partial charge in [-0.05, 0) is 63.2 Å². The van der Waals surface area contributed by atoms with Crippen molar-refractivity contribution >= 4 is 72.4 Å². The second-order valence-corrected chi connectivity index (χ2v) is 16.8. The SMILES string of the molecule is [2H]c1c([2H])c([2H])c2c(c1[2H])c1ccccc1n2-c1ccc2c3ccccc3n(-c3cccc([Si](c4ccccc4)(c4ccccc4)c4ccccc4)c3)c2c1. The fourth-order valence-electron chi connectivity index (χ4n) is 8.26. The minimum Gasteiger partial charge on any atom is -0.309 e. The maximum absolute atomic E-state index is 9.06. The van der Waals surface area contributed by atoms with Crippen LogP contribution in [0.4, 0.5) is 0 Å². The van der Waals surface area contributed by atoms with Crippen LogP contribution >= 0.6 is 0 Å². The Labute approximate surface area is 303 Å². The van der Waals surface area contributed by atoms with Gasteiger partial charge in [-0.1, -0.05) is 164 Å². The van der Waals surface area contributed by atoms with Gasteiger partial charge in [-0.15, -0.1) is 0 Å². The maximum atomic E-state index is 9.06. The van der Waals surface area contributed by atoms with Crippen molar-refractivity contribution in [1.29, 1.82) is 0 Å². The van der Waals surface area contributed by atoms with Gasteiger partial charge in [0.1, 0.15) is 0 Å². The highest BCUT2D eigenvalue weighted by Gasteiger charge is 2.41. The Bertz CT molecular complexity index is 2990. The highest BCUT2D eigenvalue weighted by molar-refractivity contribution is 7.19. The van der Waals surface area contributed by atoms with Crippen LogP contribution in [0.3, 0.4) is 0 Å². The zero-order valence-corrected chi connectivity index (χ0v) is 28.7. The number of para-hydroxylation sites is 3. The molecular weight excluding hydrogens is 633 g/mol. The molecular formula is C48H34N2Si. The van der Waals surface area contributed by atoms with E-state index in [2.05, 4.69) is 162 Å². The van der Waals surface area contributed by atoms with Crippen LogP contribution in [0.5, 0.6) is 0 Å². The van der Waals surface area contributed by atoms with Crippen LogP contribution in [0.15, 0.2) is 206 Å². The zero-order valence-electron chi connectivity index (χ0n) is 31.7. The van der Waals surface area contributed by atoms with E-state index in [1.807, 2.05) is 28.8 Å². The molecule has 240 valence electrons. The van der Waals surface area contributed by atoms with Gasteiger partial charge in [0, 0.05) is 32.9 Å². The first kappa shape index (κ1) is 25.5. The Hall–Kier alpha value is -6.42. The summed E-state index contributed by atoms with van der Waals surface area (Å²) in [4.78, 5) is 0. The van der Waals surface area contributed by atoms with Crippen molar-refractivity contribution < 1.29 is 5.48 Å². The van der Waals surface area contributed by atoms with Crippen LogP contribution < -0.4 is 20.7 Å². The fourth-order valence-corrected chi connectivity index (χ4v) is 13.0. The molecule has 0 spiro atoms. The minimum absolute atomic E-state index is 0.0270. The largest absolute Gasteiger partial charge is 0.309 e. The molecule has 51 heavy (non-hydrogen) atoms. The molecule has 0 atom stereocenters. The number of benzene rings is 8. The first-order chi connectivity index (χ1) is 27.0. The molecule has 0 saturated heterocycles. The van der Waals surface area contributed by atoms with E-state index in [1.54, 1.807) is 0 Å². The van der Waals surface area contributed by atoms with Gasteiger partial charge in [0.05, 0.1) is 27.5 Å². The van der Waals surface area contributed by atoms with Crippen LogP contribution in [-0.2, 0) is 0 Å². The monoisotopic (exact) mass is 670 g/mol. The fraction of sp³-hybridized carbons (Fsp3) is 0. The summed E-state index contributed by atoms with van der Waals surface area (Å²) in [6.07, 6.45) is 0. The van der Waals surface area contributed by atoms with Gasteiger partial charge in [-0.2, -0.15) is 0 Å². The topological polar surface area (TPSA) is 9.86 Å². The predicted octanol–water partition coefficient (Wildman–Crippen LogP) is 9.26.